The molecule has 0 amide bonds. The van der Waals surface area contributed by atoms with Gasteiger partial charge in [-0.2, -0.15) is 0 Å². The number of rotatable bonds is 1. The molecule has 0 bridgehead atoms. The SMILES string of the molecule is Clc1ccc(-c2ccccn2)o1. The van der Waals surface area contributed by atoms with Gasteiger partial charge in [0.2, 0.25) is 0 Å². The van der Waals surface area contributed by atoms with Gasteiger partial charge >= 0.3 is 0 Å². The Labute approximate surface area is 74.8 Å². The van der Waals surface area contributed by atoms with Crippen molar-refractivity contribution in [3.63, 3.8) is 0 Å². The van der Waals surface area contributed by atoms with Crippen LogP contribution in [0, 0.1) is 0 Å². The van der Waals surface area contributed by atoms with Gasteiger partial charge in [-0.1, -0.05) is 6.07 Å². The monoisotopic (exact) mass is 179 g/mol. The summed E-state index contributed by atoms with van der Waals surface area (Å²) in [4.78, 5) is 4.11. The molecular formula is C9H6ClNO. The Bertz CT molecular complexity index is 369. The third kappa shape index (κ3) is 1.34. The number of halogens is 1. The van der Waals surface area contributed by atoms with E-state index < -0.39 is 0 Å². The van der Waals surface area contributed by atoms with E-state index in [1.165, 1.54) is 0 Å². The lowest BCUT2D eigenvalue weighted by atomic mass is 10.3. The topological polar surface area (TPSA) is 26.0 Å². The molecule has 0 saturated carbocycles. The fourth-order valence-electron chi connectivity index (χ4n) is 0.960. The molecule has 0 saturated heterocycles. The first kappa shape index (κ1) is 7.37. The molecule has 0 radical (unpaired) electrons. The number of aromatic nitrogens is 1. The minimum absolute atomic E-state index is 0.385. The lowest BCUT2D eigenvalue weighted by Gasteiger charge is -1.92. The molecule has 2 nitrogen and oxygen atoms in total. The second-order valence-electron chi connectivity index (χ2n) is 2.32. The van der Waals surface area contributed by atoms with Gasteiger partial charge in [-0.25, -0.2) is 0 Å². The average molecular weight is 180 g/mol. The van der Waals surface area contributed by atoms with E-state index in [-0.39, 0.29) is 0 Å². The van der Waals surface area contributed by atoms with E-state index in [0.29, 0.717) is 11.0 Å². The first-order valence-electron chi connectivity index (χ1n) is 3.53. The summed E-state index contributed by atoms with van der Waals surface area (Å²) in [6, 6.07) is 9.12. The molecule has 12 heavy (non-hydrogen) atoms. The Balaban J connectivity index is 2.45. The molecule has 0 aliphatic heterocycles. The number of pyridine rings is 1. The summed E-state index contributed by atoms with van der Waals surface area (Å²) >= 11 is 5.62. The minimum atomic E-state index is 0.385. The summed E-state index contributed by atoms with van der Waals surface area (Å²) in [5, 5.41) is 0.385. The van der Waals surface area contributed by atoms with Crippen LogP contribution < -0.4 is 0 Å². The van der Waals surface area contributed by atoms with Gasteiger partial charge in [0.1, 0.15) is 5.69 Å². The number of hydrogen-bond acceptors (Lipinski definition) is 2. The molecule has 0 spiro atoms. The highest BCUT2D eigenvalue weighted by molar-refractivity contribution is 6.28. The predicted octanol–water partition coefficient (Wildman–Crippen LogP) is 3.00. The first-order chi connectivity index (χ1) is 5.86. The van der Waals surface area contributed by atoms with E-state index in [0.717, 1.165) is 5.69 Å². The molecular weight excluding hydrogens is 174 g/mol. The van der Waals surface area contributed by atoms with Crippen molar-refractivity contribution in [2.24, 2.45) is 0 Å². The lowest BCUT2D eigenvalue weighted by molar-refractivity contribution is 0.582. The molecule has 0 aliphatic rings. The maximum Gasteiger partial charge on any atom is 0.194 e. The molecule has 2 heterocycles. The number of nitrogens with zero attached hydrogens (tertiary/aromatic N) is 1. The van der Waals surface area contributed by atoms with Crippen molar-refractivity contribution in [3.8, 4) is 11.5 Å². The maximum atomic E-state index is 5.62. The van der Waals surface area contributed by atoms with Crippen molar-refractivity contribution >= 4 is 11.6 Å². The van der Waals surface area contributed by atoms with Crippen molar-refractivity contribution in [1.82, 2.24) is 4.98 Å². The average Bonchev–Trinajstić information content (AvgIpc) is 2.54. The zero-order valence-electron chi connectivity index (χ0n) is 6.20. The Morgan fingerprint density at radius 3 is 2.67 bits per heavy atom. The van der Waals surface area contributed by atoms with E-state index in [4.69, 9.17) is 16.0 Å². The van der Waals surface area contributed by atoms with Crippen LogP contribution >= 0.6 is 11.6 Å². The van der Waals surface area contributed by atoms with E-state index >= 15 is 0 Å². The van der Waals surface area contributed by atoms with Crippen LogP contribution in [-0.2, 0) is 0 Å². The first-order valence-corrected chi connectivity index (χ1v) is 3.91. The van der Waals surface area contributed by atoms with Gasteiger partial charge in [-0.05, 0) is 35.9 Å². The predicted molar refractivity (Wildman–Crippen MR) is 46.9 cm³/mol. The normalized spacial score (nSPS) is 10.1. The third-order valence-corrected chi connectivity index (χ3v) is 1.69. The van der Waals surface area contributed by atoms with Crippen molar-refractivity contribution in [1.29, 1.82) is 0 Å². The van der Waals surface area contributed by atoms with Crippen LogP contribution in [0.3, 0.4) is 0 Å². The quantitative estimate of drug-likeness (QED) is 0.673. The molecule has 3 heteroatoms. The summed E-state index contributed by atoms with van der Waals surface area (Å²) in [6.45, 7) is 0. The van der Waals surface area contributed by atoms with Crippen molar-refractivity contribution in [2.75, 3.05) is 0 Å². The van der Waals surface area contributed by atoms with Gasteiger partial charge in [-0.15, -0.1) is 0 Å². The minimum Gasteiger partial charge on any atom is -0.443 e. The largest absolute Gasteiger partial charge is 0.443 e. The van der Waals surface area contributed by atoms with Crippen LogP contribution in [0.25, 0.3) is 11.5 Å². The Morgan fingerprint density at radius 2 is 2.08 bits per heavy atom. The lowest BCUT2D eigenvalue weighted by Crippen LogP contribution is -1.76. The Hall–Kier alpha value is -1.28. The van der Waals surface area contributed by atoms with Gasteiger partial charge in [-0.3, -0.25) is 4.98 Å². The van der Waals surface area contributed by atoms with Crippen LogP contribution in [0.1, 0.15) is 0 Å². The molecule has 0 unspecified atom stereocenters. The summed E-state index contributed by atoms with van der Waals surface area (Å²) in [5.41, 5.74) is 0.796. The van der Waals surface area contributed by atoms with Crippen LogP contribution in [0.5, 0.6) is 0 Å². The third-order valence-electron chi connectivity index (χ3n) is 1.49. The molecule has 0 fully saturated rings. The van der Waals surface area contributed by atoms with Crippen LogP contribution in [-0.4, -0.2) is 4.98 Å². The second-order valence-corrected chi connectivity index (χ2v) is 2.69. The van der Waals surface area contributed by atoms with Crippen LogP contribution in [0.2, 0.25) is 5.22 Å². The van der Waals surface area contributed by atoms with Gasteiger partial charge < -0.3 is 4.42 Å². The summed E-state index contributed by atoms with van der Waals surface area (Å²) in [6.07, 6.45) is 1.71. The van der Waals surface area contributed by atoms with Crippen LogP contribution in [0.15, 0.2) is 40.9 Å². The highest BCUT2D eigenvalue weighted by atomic mass is 35.5. The zero-order chi connectivity index (χ0) is 8.39. The number of hydrogen-bond donors (Lipinski definition) is 0. The van der Waals surface area contributed by atoms with E-state index in [1.54, 1.807) is 18.3 Å². The van der Waals surface area contributed by atoms with Crippen molar-refractivity contribution < 1.29 is 4.42 Å². The highest BCUT2D eigenvalue weighted by Gasteiger charge is 2.02. The van der Waals surface area contributed by atoms with Gasteiger partial charge in [0.15, 0.2) is 11.0 Å². The highest BCUT2D eigenvalue weighted by Crippen LogP contribution is 2.21. The zero-order valence-corrected chi connectivity index (χ0v) is 6.95. The molecule has 2 aromatic heterocycles. The molecule has 2 rings (SSSR count). The van der Waals surface area contributed by atoms with Crippen LogP contribution in [0.4, 0.5) is 0 Å². The molecule has 0 aromatic carbocycles. The smallest absolute Gasteiger partial charge is 0.194 e. The molecule has 0 atom stereocenters. The summed E-state index contributed by atoms with van der Waals surface area (Å²) < 4.78 is 5.17. The molecule has 0 N–H and O–H groups in total. The Morgan fingerprint density at radius 1 is 1.17 bits per heavy atom. The van der Waals surface area contributed by atoms with Crippen molar-refractivity contribution in [3.05, 3.63) is 41.7 Å². The van der Waals surface area contributed by atoms with Gasteiger partial charge in [0, 0.05) is 6.20 Å². The van der Waals surface area contributed by atoms with E-state index in [9.17, 15) is 0 Å². The van der Waals surface area contributed by atoms with Gasteiger partial charge in [0.05, 0.1) is 0 Å². The fourth-order valence-corrected chi connectivity index (χ4v) is 1.11. The van der Waals surface area contributed by atoms with Gasteiger partial charge in [0.25, 0.3) is 0 Å². The second kappa shape index (κ2) is 2.99. The number of furan rings is 1. The van der Waals surface area contributed by atoms with Crippen molar-refractivity contribution in [2.45, 2.75) is 0 Å². The molecule has 60 valence electrons. The fraction of sp³-hybridized carbons (Fsp3) is 0. The Kier molecular flexibility index (Phi) is 1.84. The molecule has 2 aromatic rings. The van der Waals surface area contributed by atoms with E-state index in [1.807, 2.05) is 18.2 Å². The standard InChI is InChI=1S/C9H6ClNO/c10-9-5-4-8(12-9)7-3-1-2-6-11-7/h1-6H. The summed E-state index contributed by atoms with van der Waals surface area (Å²) in [7, 11) is 0. The summed E-state index contributed by atoms with van der Waals surface area (Å²) in [5.74, 6) is 0.695. The maximum absolute atomic E-state index is 5.62. The van der Waals surface area contributed by atoms with E-state index in [2.05, 4.69) is 4.98 Å². The molecule has 0 aliphatic carbocycles.